The van der Waals surface area contributed by atoms with E-state index in [1.54, 1.807) is 18.2 Å². The molecule has 0 radical (unpaired) electrons. The van der Waals surface area contributed by atoms with Crippen molar-refractivity contribution in [2.75, 3.05) is 27.0 Å². The summed E-state index contributed by atoms with van der Waals surface area (Å²) in [6.07, 6.45) is 0. The van der Waals surface area contributed by atoms with Crippen LogP contribution in [0.1, 0.15) is 6.92 Å². The second-order valence-electron chi connectivity index (χ2n) is 8.98. The first kappa shape index (κ1) is 30.0. The zero-order valence-electron chi connectivity index (χ0n) is 22.0. The average Bonchev–Trinajstić information content (AvgIpc) is 2.94. The maximum absolute atomic E-state index is 13.7. The number of carbonyl (C=O) groups excluding carboxylic acids is 1. The molecule has 0 atom stereocenters. The van der Waals surface area contributed by atoms with Gasteiger partial charge in [-0.1, -0.05) is 42.5 Å². The molecule has 0 heterocycles. The van der Waals surface area contributed by atoms with Crippen molar-refractivity contribution >= 4 is 65.7 Å². The van der Waals surface area contributed by atoms with Crippen molar-refractivity contribution in [3.63, 3.8) is 0 Å². The lowest BCUT2D eigenvalue weighted by atomic mass is 10.1. The first-order valence-corrected chi connectivity index (χ1v) is 15.1. The Morgan fingerprint density at radius 2 is 1.02 bits per heavy atom. The van der Waals surface area contributed by atoms with Gasteiger partial charge in [0, 0.05) is 23.4 Å². The summed E-state index contributed by atoms with van der Waals surface area (Å²) in [5.74, 6) is -3.25. The van der Waals surface area contributed by atoms with Gasteiger partial charge in [-0.3, -0.25) is 23.0 Å². The van der Waals surface area contributed by atoms with E-state index in [1.807, 2.05) is 0 Å². The fourth-order valence-corrected chi connectivity index (χ4v) is 7.19. The van der Waals surface area contributed by atoms with Crippen LogP contribution in [0.15, 0.2) is 101 Å². The third-order valence-corrected chi connectivity index (χ3v) is 9.61. The smallest absolute Gasteiger partial charge is 0.324 e. The number of aliphatic carboxylic acids is 2. The number of hydrogen-bond acceptors (Lipinski definition) is 7. The van der Waals surface area contributed by atoms with Crippen LogP contribution in [-0.2, 0) is 34.4 Å². The Hall–Kier alpha value is -4.95. The monoisotopic (exact) mass is 611 g/mol. The minimum atomic E-state index is -4.50. The SMILES string of the molecule is CC(=O)Nc1ccc(S(=O)(=O)N(CC(=O)O)c2ccc(N(CC(=O)O)S(=O)(=O)c3ccccc3)c3ccccc23)cc1. The number of sulfonamides is 2. The van der Waals surface area contributed by atoms with E-state index in [-0.39, 0.29) is 37.8 Å². The summed E-state index contributed by atoms with van der Waals surface area (Å²) in [6.45, 7) is -0.616. The molecule has 0 aliphatic heterocycles. The van der Waals surface area contributed by atoms with Gasteiger partial charge >= 0.3 is 11.9 Å². The molecule has 42 heavy (non-hydrogen) atoms. The molecule has 14 heteroatoms. The van der Waals surface area contributed by atoms with Crippen molar-refractivity contribution in [1.29, 1.82) is 0 Å². The van der Waals surface area contributed by atoms with Crippen LogP contribution < -0.4 is 13.9 Å². The van der Waals surface area contributed by atoms with Crippen LogP contribution in [0.3, 0.4) is 0 Å². The van der Waals surface area contributed by atoms with Crippen molar-refractivity contribution in [2.45, 2.75) is 16.7 Å². The molecule has 1 amide bonds. The van der Waals surface area contributed by atoms with Gasteiger partial charge < -0.3 is 15.5 Å². The van der Waals surface area contributed by atoms with E-state index in [0.717, 1.165) is 0 Å². The van der Waals surface area contributed by atoms with E-state index >= 15 is 0 Å². The van der Waals surface area contributed by atoms with Crippen LogP contribution in [0.2, 0.25) is 0 Å². The predicted molar refractivity (Wildman–Crippen MR) is 155 cm³/mol. The summed E-state index contributed by atoms with van der Waals surface area (Å²) in [6, 6.07) is 20.9. The zero-order chi connectivity index (χ0) is 30.7. The van der Waals surface area contributed by atoms with Crippen LogP contribution in [0.25, 0.3) is 10.8 Å². The van der Waals surface area contributed by atoms with E-state index < -0.39 is 45.1 Å². The maximum atomic E-state index is 13.7. The highest BCUT2D eigenvalue weighted by Gasteiger charge is 2.32. The third-order valence-electron chi connectivity index (χ3n) is 6.07. The van der Waals surface area contributed by atoms with Crippen LogP contribution in [0, 0.1) is 0 Å². The van der Waals surface area contributed by atoms with Gasteiger partial charge in [0.15, 0.2) is 0 Å². The molecule has 0 saturated carbocycles. The van der Waals surface area contributed by atoms with E-state index in [0.29, 0.717) is 14.3 Å². The van der Waals surface area contributed by atoms with Gasteiger partial charge in [-0.15, -0.1) is 0 Å². The Bertz CT molecular complexity index is 1880. The third kappa shape index (κ3) is 6.19. The number of carbonyl (C=O) groups is 3. The molecular formula is C28H25N3O9S2. The topological polar surface area (TPSA) is 178 Å². The Morgan fingerprint density at radius 3 is 1.43 bits per heavy atom. The molecular weight excluding hydrogens is 586 g/mol. The number of nitrogens with one attached hydrogen (secondary N) is 1. The lowest BCUT2D eigenvalue weighted by Gasteiger charge is -2.28. The number of nitrogens with zero attached hydrogens (tertiary/aromatic N) is 2. The van der Waals surface area contributed by atoms with Crippen LogP contribution in [-0.4, -0.2) is 58.0 Å². The largest absolute Gasteiger partial charge is 0.480 e. The van der Waals surface area contributed by atoms with E-state index in [9.17, 15) is 41.4 Å². The van der Waals surface area contributed by atoms with Crippen molar-refractivity contribution in [2.24, 2.45) is 0 Å². The summed E-state index contributed by atoms with van der Waals surface area (Å²) in [4.78, 5) is 34.6. The number of rotatable bonds is 11. The molecule has 0 unspecified atom stereocenters. The van der Waals surface area contributed by atoms with Crippen molar-refractivity contribution in [1.82, 2.24) is 0 Å². The molecule has 0 fully saturated rings. The number of fused-ring (bicyclic) bond motifs is 1. The van der Waals surface area contributed by atoms with Crippen LogP contribution in [0.5, 0.6) is 0 Å². The first-order valence-electron chi connectivity index (χ1n) is 12.3. The highest BCUT2D eigenvalue weighted by atomic mass is 32.2. The summed E-state index contributed by atoms with van der Waals surface area (Å²) >= 11 is 0. The number of anilines is 3. The van der Waals surface area contributed by atoms with E-state index in [1.165, 1.54) is 79.7 Å². The lowest BCUT2D eigenvalue weighted by Crippen LogP contribution is -2.37. The number of hydrogen-bond donors (Lipinski definition) is 3. The number of carboxylic acid groups (broad SMARTS) is 2. The molecule has 0 spiro atoms. The van der Waals surface area contributed by atoms with Crippen molar-refractivity contribution in [3.05, 3.63) is 91.0 Å². The first-order chi connectivity index (χ1) is 19.8. The van der Waals surface area contributed by atoms with Gasteiger partial charge in [-0.05, 0) is 48.5 Å². The zero-order valence-corrected chi connectivity index (χ0v) is 23.7. The Labute approximate surface area is 241 Å². The Kier molecular flexibility index (Phi) is 8.49. The standard InChI is InChI=1S/C28H25N3O9S2/c1-19(32)29-20-11-13-22(14-12-20)42(39,40)31(18-28(35)36)26-16-15-25(23-9-5-6-10-24(23)26)30(17-27(33)34)41(37,38)21-7-3-2-4-8-21/h2-16H,17-18H2,1H3,(H,29,32)(H,33,34)(H,35,36). The number of benzene rings is 4. The van der Waals surface area contributed by atoms with E-state index in [4.69, 9.17) is 0 Å². The summed E-state index contributed by atoms with van der Waals surface area (Å²) in [5, 5.41) is 22.1. The minimum Gasteiger partial charge on any atom is -0.480 e. The molecule has 0 bridgehead atoms. The highest BCUT2D eigenvalue weighted by Crippen LogP contribution is 2.38. The van der Waals surface area contributed by atoms with Crippen LogP contribution >= 0.6 is 0 Å². The van der Waals surface area contributed by atoms with Gasteiger partial charge in [0.2, 0.25) is 5.91 Å². The fourth-order valence-electron chi connectivity index (χ4n) is 4.31. The normalized spacial score (nSPS) is 11.5. The van der Waals surface area contributed by atoms with Crippen molar-refractivity contribution in [3.8, 4) is 0 Å². The minimum absolute atomic E-state index is 0.0482. The molecule has 3 N–H and O–H groups in total. The molecule has 0 aliphatic rings. The highest BCUT2D eigenvalue weighted by molar-refractivity contribution is 7.93. The number of carboxylic acids is 2. The maximum Gasteiger partial charge on any atom is 0.324 e. The molecule has 4 rings (SSSR count). The molecule has 0 saturated heterocycles. The van der Waals surface area contributed by atoms with Gasteiger partial charge in [0.25, 0.3) is 20.0 Å². The molecule has 218 valence electrons. The molecule has 4 aromatic carbocycles. The van der Waals surface area contributed by atoms with Gasteiger partial charge in [0.1, 0.15) is 13.1 Å². The quantitative estimate of drug-likeness (QED) is 0.229. The van der Waals surface area contributed by atoms with Gasteiger partial charge in [0.05, 0.1) is 21.2 Å². The Morgan fingerprint density at radius 1 is 0.619 bits per heavy atom. The molecule has 0 aromatic heterocycles. The van der Waals surface area contributed by atoms with Crippen molar-refractivity contribution < 1.29 is 41.4 Å². The second-order valence-corrected chi connectivity index (χ2v) is 12.7. The summed E-state index contributed by atoms with van der Waals surface area (Å²) in [5.41, 5.74) is 0.210. The van der Waals surface area contributed by atoms with Gasteiger partial charge in [-0.2, -0.15) is 0 Å². The fraction of sp³-hybridized carbons (Fsp3) is 0.107. The molecule has 4 aromatic rings. The van der Waals surface area contributed by atoms with Gasteiger partial charge in [-0.25, -0.2) is 16.8 Å². The second kappa shape index (κ2) is 11.9. The molecule has 0 aliphatic carbocycles. The van der Waals surface area contributed by atoms with Crippen LogP contribution in [0.4, 0.5) is 17.1 Å². The average molecular weight is 612 g/mol. The summed E-state index contributed by atoms with van der Waals surface area (Å²) in [7, 11) is -8.88. The number of amides is 1. The predicted octanol–water partition coefficient (Wildman–Crippen LogP) is 3.36. The Balaban J connectivity index is 1.90. The lowest BCUT2D eigenvalue weighted by molar-refractivity contribution is -0.136. The van der Waals surface area contributed by atoms with E-state index in [2.05, 4.69) is 5.32 Å². The summed E-state index contributed by atoms with van der Waals surface area (Å²) < 4.78 is 56.0. The molecule has 12 nitrogen and oxygen atoms in total.